The fourth-order valence-corrected chi connectivity index (χ4v) is 12.7. The molecule has 1 heterocycles. The number of nitrogens with zero attached hydrogens (tertiary/aromatic N) is 2. The zero-order valence-electron chi connectivity index (χ0n) is 23.6. The zero-order chi connectivity index (χ0) is 25.3. The molecule has 0 spiro atoms. The number of hydrogen-bond acceptors (Lipinski definition) is 1. The van der Waals surface area contributed by atoms with E-state index in [1.165, 1.54) is 9.75 Å². The van der Waals surface area contributed by atoms with Crippen molar-refractivity contribution in [2.45, 2.75) is 111 Å². The fourth-order valence-electron chi connectivity index (χ4n) is 3.02. The van der Waals surface area contributed by atoms with Crippen molar-refractivity contribution >= 4 is 44.6 Å². The molecule has 0 saturated carbocycles. The van der Waals surface area contributed by atoms with Crippen LogP contribution in [0.3, 0.4) is 0 Å². The van der Waals surface area contributed by atoms with Crippen LogP contribution in [-0.2, 0) is 10.8 Å². The SMILES string of the molecule is CC(C)(C)c1cc(C(C)(C)C)n(/C=[C](/[Al]([C]#C[Si](C)(C)C)[C]#C[Si](C)(C)C)[Si](C)(C)C)n1. The summed E-state index contributed by atoms with van der Waals surface area (Å²) >= 11 is -1.74. The molecule has 1 aromatic heterocycles. The second-order valence-corrected chi connectivity index (χ2v) is 31.4. The average molecular weight is 499 g/mol. The molecule has 32 heavy (non-hydrogen) atoms. The molecule has 1 aromatic rings. The molecule has 2 nitrogen and oxygen atoms in total. The molecule has 0 N–H and O–H groups in total. The summed E-state index contributed by atoms with van der Waals surface area (Å²) in [4.78, 5) is 7.56. The predicted octanol–water partition coefficient (Wildman–Crippen LogP) is 7.07. The Bertz CT molecular complexity index is 930. The van der Waals surface area contributed by atoms with Gasteiger partial charge in [-0.2, -0.15) is 25.8 Å². The molecule has 0 aliphatic carbocycles. The van der Waals surface area contributed by atoms with E-state index in [4.69, 9.17) is 5.10 Å². The van der Waals surface area contributed by atoms with Crippen LogP contribution in [-0.4, -0.2) is 48.2 Å². The van der Waals surface area contributed by atoms with E-state index in [0.29, 0.717) is 0 Å². The Morgan fingerprint density at radius 1 is 0.812 bits per heavy atom. The van der Waals surface area contributed by atoms with Gasteiger partial charge >= 0.3 is 14.1 Å². The van der Waals surface area contributed by atoms with Gasteiger partial charge in [0.25, 0.3) is 0 Å². The van der Waals surface area contributed by atoms with Crippen molar-refractivity contribution in [1.29, 1.82) is 0 Å². The molecule has 0 bridgehead atoms. The van der Waals surface area contributed by atoms with Crippen LogP contribution in [0.25, 0.3) is 6.20 Å². The van der Waals surface area contributed by atoms with Gasteiger partial charge in [-0.3, -0.25) is 0 Å². The van der Waals surface area contributed by atoms with Crippen LogP contribution in [0.4, 0.5) is 0 Å². The molecule has 6 heteroatoms. The standard InChI is InChI=1S/C16H29N2Si.2C5H9Si.Al/c1-15(2,3)13-12-14(16(4,5)6)18(17-13)10-11-19(7,8)9;2*1-5-6(2,3)4;/h10,12H,1-9H3;2*2-4H3;. The molecule has 0 aromatic carbocycles. The van der Waals surface area contributed by atoms with Crippen molar-refractivity contribution in [2.24, 2.45) is 0 Å². The van der Waals surface area contributed by atoms with Gasteiger partial charge in [0, 0.05) is 22.7 Å². The van der Waals surface area contributed by atoms with E-state index in [-0.39, 0.29) is 10.8 Å². The first-order valence-electron chi connectivity index (χ1n) is 11.9. The first-order valence-corrected chi connectivity index (χ1v) is 24.1. The van der Waals surface area contributed by atoms with Crippen LogP contribution >= 0.6 is 0 Å². The minimum atomic E-state index is -1.74. The van der Waals surface area contributed by atoms with E-state index in [1.54, 1.807) is 0 Å². The van der Waals surface area contributed by atoms with E-state index >= 15 is 0 Å². The van der Waals surface area contributed by atoms with E-state index in [2.05, 4.69) is 138 Å². The molecule has 0 saturated heterocycles. The van der Waals surface area contributed by atoms with Gasteiger partial charge in [0.2, 0.25) is 0 Å². The molecular formula is C26H47AlN2Si3. The predicted molar refractivity (Wildman–Crippen MR) is 155 cm³/mol. The highest BCUT2D eigenvalue weighted by molar-refractivity contribution is 7.05. The summed E-state index contributed by atoms with van der Waals surface area (Å²) in [6.07, 6.45) is 2.36. The first kappa shape index (κ1) is 29.3. The molecule has 0 aliphatic heterocycles. The van der Waals surface area contributed by atoms with Crippen LogP contribution in [0.2, 0.25) is 58.9 Å². The van der Waals surface area contributed by atoms with Gasteiger partial charge in [-0.05, 0) is 6.07 Å². The topological polar surface area (TPSA) is 17.8 Å². The van der Waals surface area contributed by atoms with E-state index in [1.807, 2.05) is 0 Å². The number of aromatic nitrogens is 2. The van der Waals surface area contributed by atoms with Gasteiger partial charge in [0.1, 0.15) is 16.1 Å². The summed E-state index contributed by atoms with van der Waals surface area (Å²) in [5, 5.41) is 5.11. The summed E-state index contributed by atoms with van der Waals surface area (Å²) in [5.41, 5.74) is 9.82. The number of rotatable bonds is 3. The smallest absolute Gasteiger partial charge is 0.246 e. The highest BCUT2D eigenvalue weighted by Crippen LogP contribution is 2.30. The monoisotopic (exact) mass is 498 g/mol. The summed E-state index contributed by atoms with van der Waals surface area (Å²) < 4.78 is 3.70. The van der Waals surface area contributed by atoms with Crippen molar-refractivity contribution in [3.8, 4) is 20.7 Å². The van der Waals surface area contributed by atoms with Gasteiger partial charge in [-0.15, -0.1) is 0 Å². The van der Waals surface area contributed by atoms with Gasteiger partial charge in [-0.1, -0.05) is 105 Å². The molecular weight excluding hydrogens is 452 g/mol. The van der Waals surface area contributed by atoms with Crippen LogP contribution in [0.15, 0.2) is 10.1 Å². The Kier molecular flexibility index (Phi) is 9.02. The molecule has 1 rings (SSSR count). The van der Waals surface area contributed by atoms with Crippen molar-refractivity contribution in [1.82, 2.24) is 9.78 Å². The molecule has 176 valence electrons. The summed E-state index contributed by atoms with van der Waals surface area (Å²) in [6, 6.07) is 2.30. The summed E-state index contributed by atoms with van der Waals surface area (Å²) in [5.74, 6) is 0. The normalized spacial score (nSPS) is 13.8. The fraction of sp³-hybridized carbons (Fsp3) is 0.654. The van der Waals surface area contributed by atoms with E-state index < -0.39 is 38.4 Å². The quantitative estimate of drug-likeness (QED) is 0.322. The lowest BCUT2D eigenvalue weighted by Crippen LogP contribution is -2.36. The third-order valence-electron chi connectivity index (χ3n) is 4.89. The zero-order valence-corrected chi connectivity index (χ0v) is 27.8. The minimum absolute atomic E-state index is 0.0165. The summed E-state index contributed by atoms with van der Waals surface area (Å²) in [7, 11) is -4.60. The van der Waals surface area contributed by atoms with Gasteiger partial charge in [-0.25, -0.2) is 4.68 Å². The first-order chi connectivity index (χ1) is 14.0. The third-order valence-corrected chi connectivity index (χ3v) is 14.2. The molecule has 0 radical (unpaired) electrons. The second kappa shape index (κ2) is 9.86. The molecule has 0 amide bonds. The Hall–Kier alpha value is -0.747. The van der Waals surface area contributed by atoms with Crippen LogP contribution in [0.5, 0.6) is 0 Å². The highest BCUT2D eigenvalue weighted by atomic mass is 28.3. The molecule has 0 aliphatic rings. The average Bonchev–Trinajstić information content (AvgIpc) is 2.95. The second-order valence-electron chi connectivity index (χ2n) is 14.2. The molecule has 0 unspecified atom stereocenters. The molecule has 0 fully saturated rings. The Balaban J connectivity index is 3.89. The maximum absolute atomic E-state index is 5.11. The van der Waals surface area contributed by atoms with Gasteiger partial charge in [0.15, 0.2) is 0 Å². The lowest BCUT2D eigenvalue weighted by Gasteiger charge is -2.24. The van der Waals surface area contributed by atoms with Crippen LogP contribution < -0.4 is 0 Å². The minimum Gasteiger partial charge on any atom is -0.246 e. The van der Waals surface area contributed by atoms with Crippen LogP contribution in [0, 0.1) is 20.7 Å². The van der Waals surface area contributed by atoms with Gasteiger partial charge < -0.3 is 0 Å². The molecule has 0 atom stereocenters. The lowest BCUT2D eigenvalue weighted by molar-refractivity contribution is 0.544. The third kappa shape index (κ3) is 9.63. The Morgan fingerprint density at radius 2 is 1.25 bits per heavy atom. The lowest BCUT2D eigenvalue weighted by atomic mass is 9.88. The summed E-state index contributed by atoms with van der Waals surface area (Å²) in [6.45, 7) is 34.9. The van der Waals surface area contributed by atoms with Crippen molar-refractivity contribution in [2.75, 3.05) is 0 Å². The van der Waals surface area contributed by atoms with Crippen molar-refractivity contribution in [3.63, 3.8) is 0 Å². The Labute approximate surface area is 207 Å². The van der Waals surface area contributed by atoms with Crippen LogP contribution in [0.1, 0.15) is 52.9 Å². The highest BCUT2D eigenvalue weighted by Gasteiger charge is 2.33. The van der Waals surface area contributed by atoms with E-state index in [0.717, 1.165) is 5.69 Å². The van der Waals surface area contributed by atoms with Gasteiger partial charge in [0.05, 0.1) is 13.8 Å². The maximum Gasteiger partial charge on any atom is 0.504 e. The van der Waals surface area contributed by atoms with Crippen molar-refractivity contribution < 1.29 is 0 Å². The number of hydrogen-bond donors (Lipinski definition) is 0. The Morgan fingerprint density at radius 3 is 1.56 bits per heavy atom. The van der Waals surface area contributed by atoms with E-state index in [9.17, 15) is 0 Å². The maximum atomic E-state index is 5.11. The largest absolute Gasteiger partial charge is 0.504 e. The van der Waals surface area contributed by atoms with Crippen molar-refractivity contribution in [3.05, 3.63) is 21.5 Å².